The van der Waals surface area contributed by atoms with E-state index in [0.717, 1.165) is 0 Å². The Balaban J connectivity index is 4.56. The van der Waals surface area contributed by atoms with Crippen molar-refractivity contribution in [2.75, 3.05) is 24.9 Å². The van der Waals surface area contributed by atoms with Crippen LogP contribution in [0.5, 0.6) is 0 Å². The predicted molar refractivity (Wildman–Crippen MR) is 51.5 cm³/mol. The lowest BCUT2D eigenvalue weighted by Crippen LogP contribution is -2.17. The standard InChI is InChI=1S/C6H10Cl4O/c7-1-5(9)3-11-4-6(10)2-8/h5-6H,1-4H2/i3D2,4D2. The van der Waals surface area contributed by atoms with Gasteiger partial charge in [-0.15, -0.1) is 46.4 Å². The summed E-state index contributed by atoms with van der Waals surface area (Å²) in [4.78, 5) is 0. The first kappa shape index (κ1) is 6.56. The smallest absolute Gasteiger partial charge is 0.0704 e. The molecule has 0 aliphatic heterocycles. The normalized spacial score (nSPS) is 24.4. The minimum absolute atomic E-state index is 0.210. The molecule has 0 saturated heterocycles. The molecule has 0 aliphatic carbocycles. The number of rotatable bonds is 6. The Kier molecular flexibility index (Phi) is 4.62. The van der Waals surface area contributed by atoms with E-state index in [2.05, 4.69) is 4.74 Å². The average molecular weight is 244 g/mol. The van der Waals surface area contributed by atoms with Crippen molar-refractivity contribution in [3.05, 3.63) is 0 Å². The SMILES string of the molecule is [2H]C([2H])(OC([2H])([2H])C(Cl)CCl)C(Cl)CCl. The summed E-state index contributed by atoms with van der Waals surface area (Å²) in [5, 5.41) is -2.35. The van der Waals surface area contributed by atoms with E-state index >= 15 is 0 Å². The van der Waals surface area contributed by atoms with Crippen LogP contribution < -0.4 is 0 Å². The summed E-state index contributed by atoms with van der Waals surface area (Å²) >= 11 is 21.8. The second kappa shape index (κ2) is 7.75. The molecule has 0 amide bonds. The lowest BCUT2D eigenvalue weighted by molar-refractivity contribution is 0.140. The molecule has 0 aromatic rings. The van der Waals surface area contributed by atoms with Gasteiger partial charge in [0.15, 0.2) is 0 Å². The molecule has 0 aliphatic rings. The number of hydrogen-bond donors (Lipinski definition) is 0. The molecule has 0 heterocycles. The minimum atomic E-state index is -2.41. The quantitative estimate of drug-likeness (QED) is 0.652. The number of ether oxygens (including phenoxy) is 1. The maximum atomic E-state index is 7.34. The molecule has 0 radical (unpaired) electrons. The molecule has 0 fully saturated rings. The molecule has 0 bridgehead atoms. The van der Waals surface area contributed by atoms with Gasteiger partial charge in [-0.1, -0.05) is 0 Å². The fourth-order valence-corrected chi connectivity index (χ4v) is 0.440. The highest BCUT2D eigenvalue weighted by Gasteiger charge is 2.05. The van der Waals surface area contributed by atoms with Gasteiger partial charge in [0.2, 0.25) is 0 Å². The highest BCUT2D eigenvalue weighted by atomic mass is 35.5. The Labute approximate surface area is 92.5 Å². The number of halogens is 4. The Bertz CT molecular complexity index is 184. The first-order valence-electron chi connectivity index (χ1n) is 4.77. The van der Waals surface area contributed by atoms with Crippen molar-refractivity contribution in [3.63, 3.8) is 0 Å². The molecule has 11 heavy (non-hydrogen) atoms. The van der Waals surface area contributed by atoms with Gasteiger partial charge in [0, 0.05) is 11.8 Å². The average Bonchev–Trinajstić information content (AvgIpc) is 2.13. The molecular weight excluding hydrogens is 230 g/mol. The molecule has 0 aromatic carbocycles. The second-order valence-corrected chi connectivity index (χ2v) is 3.25. The van der Waals surface area contributed by atoms with Gasteiger partial charge in [0.05, 0.1) is 29.4 Å². The van der Waals surface area contributed by atoms with Gasteiger partial charge in [0.1, 0.15) is 0 Å². The zero-order valence-corrected chi connectivity index (χ0v) is 8.51. The first-order chi connectivity index (χ1) is 6.67. The van der Waals surface area contributed by atoms with Gasteiger partial charge in [-0.05, 0) is 0 Å². The lowest BCUT2D eigenvalue weighted by Gasteiger charge is -2.08. The summed E-state index contributed by atoms with van der Waals surface area (Å²) in [6, 6.07) is 0. The maximum Gasteiger partial charge on any atom is 0.0704 e. The van der Waals surface area contributed by atoms with Crippen LogP contribution in [0.15, 0.2) is 0 Å². The van der Waals surface area contributed by atoms with Crippen LogP contribution in [0.25, 0.3) is 0 Å². The molecule has 2 unspecified atom stereocenters. The third-order valence-electron chi connectivity index (χ3n) is 0.645. The maximum absolute atomic E-state index is 7.34. The topological polar surface area (TPSA) is 9.23 Å². The van der Waals surface area contributed by atoms with E-state index in [1.807, 2.05) is 0 Å². The largest absolute Gasteiger partial charge is 0.378 e. The molecule has 0 saturated carbocycles. The number of alkyl halides is 4. The van der Waals surface area contributed by atoms with Crippen molar-refractivity contribution < 1.29 is 10.2 Å². The molecule has 1 nitrogen and oxygen atoms in total. The summed E-state index contributed by atoms with van der Waals surface area (Å²) in [5.74, 6) is -0.420. The van der Waals surface area contributed by atoms with E-state index in [1.165, 1.54) is 0 Å². The Morgan fingerprint density at radius 3 is 1.73 bits per heavy atom. The Hall–Kier alpha value is 1.12. The molecule has 2 atom stereocenters. The highest BCUT2D eigenvalue weighted by molar-refractivity contribution is 6.28. The molecule has 0 rings (SSSR count). The summed E-state index contributed by atoms with van der Waals surface area (Å²) < 4.78 is 33.9. The van der Waals surface area contributed by atoms with Crippen LogP contribution in [0.2, 0.25) is 0 Å². The zero-order chi connectivity index (χ0) is 12.3. The van der Waals surface area contributed by atoms with Gasteiger partial charge in [0.25, 0.3) is 0 Å². The van der Waals surface area contributed by atoms with Crippen molar-refractivity contribution in [1.82, 2.24) is 0 Å². The van der Waals surface area contributed by atoms with Crippen molar-refractivity contribution in [2.45, 2.75) is 10.8 Å². The summed E-state index contributed by atoms with van der Waals surface area (Å²) in [5.41, 5.74) is 0. The molecule has 5 heteroatoms. The lowest BCUT2D eigenvalue weighted by atomic mass is 10.5. The van der Waals surface area contributed by atoms with Crippen molar-refractivity contribution in [1.29, 1.82) is 0 Å². The van der Waals surface area contributed by atoms with Crippen LogP contribution in [-0.2, 0) is 4.74 Å². The van der Waals surface area contributed by atoms with Gasteiger partial charge in [-0.25, -0.2) is 0 Å². The summed E-state index contributed by atoms with van der Waals surface area (Å²) in [6.07, 6.45) is 0. The van der Waals surface area contributed by atoms with E-state index in [1.54, 1.807) is 0 Å². The second-order valence-electron chi connectivity index (χ2n) is 1.58. The van der Waals surface area contributed by atoms with Crippen molar-refractivity contribution >= 4 is 46.4 Å². The van der Waals surface area contributed by atoms with Crippen molar-refractivity contribution in [2.24, 2.45) is 0 Å². The third kappa shape index (κ3) is 7.48. The van der Waals surface area contributed by atoms with Crippen LogP contribution in [0.3, 0.4) is 0 Å². The molecule has 68 valence electrons. The van der Waals surface area contributed by atoms with Crippen LogP contribution in [0.4, 0.5) is 0 Å². The predicted octanol–water partition coefficient (Wildman–Crippen LogP) is 2.70. The van der Waals surface area contributed by atoms with E-state index in [-0.39, 0.29) is 11.8 Å². The van der Waals surface area contributed by atoms with E-state index in [9.17, 15) is 0 Å². The molecule has 0 spiro atoms. The molecule has 0 N–H and O–H groups in total. The zero-order valence-electron chi connectivity index (χ0n) is 9.49. The van der Waals surface area contributed by atoms with Gasteiger partial charge < -0.3 is 4.74 Å². The first-order valence-corrected chi connectivity index (χ1v) is 4.71. The summed E-state index contributed by atoms with van der Waals surface area (Å²) in [6.45, 7) is -4.82. The van der Waals surface area contributed by atoms with Crippen LogP contribution in [-0.4, -0.2) is 35.6 Å². The van der Waals surface area contributed by atoms with Crippen molar-refractivity contribution in [3.8, 4) is 0 Å². The Morgan fingerprint density at radius 1 is 1.09 bits per heavy atom. The fourth-order valence-electron chi connectivity index (χ4n) is 0.225. The molecule has 0 aromatic heterocycles. The van der Waals surface area contributed by atoms with Gasteiger partial charge >= 0.3 is 0 Å². The third-order valence-corrected chi connectivity index (χ3v) is 2.06. The minimum Gasteiger partial charge on any atom is -0.378 e. The Morgan fingerprint density at radius 2 is 1.45 bits per heavy atom. The van der Waals surface area contributed by atoms with Crippen LogP contribution in [0.1, 0.15) is 5.48 Å². The number of hydrogen-bond acceptors (Lipinski definition) is 1. The van der Waals surface area contributed by atoms with Crippen LogP contribution in [0, 0.1) is 0 Å². The monoisotopic (exact) mass is 242 g/mol. The van der Waals surface area contributed by atoms with E-state index in [4.69, 9.17) is 51.9 Å². The highest BCUT2D eigenvalue weighted by Crippen LogP contribution is 2.03. The summed E-state index contributed by atoms with van der Waals surface area (Å²) in [7, 11) is 0. The van der Waals surface area contributed by atoms with Gasteiger partial charge in [-0.3, -0.25) is 0 Å². The van der Waals surface area contributed by atoms with E-state index < -0.39 is 23.9 Å². The molecular formula is C6H10Cl4O. The van der Waals surface area contributed by atoms with E-state index in [0.29, 0.717) is 0 Å². The van der Waals surface area contributed by atoms with Gasteiger partial charge in [-0.2, -0.15) is 0 Å². The fraction of sp³-hybridized carbons (Fsp3) is 1.00. The van der Waals surface area contributed by atoms with Crippen LogP contribution >= 0.6 is 46.4 Å².